The number of nitrogens with one attached hydrogen (secondary N) is 14. The molecule has 738 valence electrons. The Morgan fingerprint density at radius 1 is 0.544 bits per heavy atom. The first kappa shape index (κ1) is 106. The number of nitrogens with zero attached hydrogens (tertiary/aromatic N) is 6. The number of unbranched alkanes of at least 4 members (excludes halogenated alkanes) is 2. The van der Waals surface area contributed by atoms with Crippen LogP contribution in [0.2, 0.25) is 0 Å². The molecule has 0 radical (unpaired) electrons. The Bertz CT molecular complexity index is 5200. The van der Waals surface area contributed by atoms with Crippen LogP contribution in [-0.4, -0.2) is 312 Å². The standard InChI is InChI=1S/C93H130N22O20S/c1-9-11-25-72-85(128)103-63(24-17-36-98-93(95)96)81(124)110-71(80(123)101-48-76(94)118)50-136-51-77(119)102-68(41-54-29-31-58(117)32-30-54)88(131)111(6)53(5)79(122)104-64(33-34-78(120)121)90(133)114-38-18-27-73(114)86(129)105-65(42-55-35-37-97-45-55)82(125)107-67(40-52(3)4)91(134)115-39-19-28-74(115)87(130)106-66(43-56-46-99-61-22-15-13-20-59(56)61)83(126)109-70(49-116)84(127)108-69(44-57-47-100-62-23-16-14-21-60(57)62)89(132)113(8)75(26-12-10-2)92(135)112(72)7/h13-16,20-23,29-32,37,45-47,52-53,63-75,99-100,116-117H,9-12,17-19,24-28,33-36,38-44,48-51H2,1-8H3,(H2,94,118)(H,101,123)(H,102,119)(H,103,128)(H,104,122)(H,105,129)(H,106,130)(H,107,125)(H,108,127)(H,109,126)(H,110,124)(H,120,121)(H4,95,96,98)/t53-,63-,64-,65-,66-,67-,68-,69-,70-,71-,72-,73-,74-,75-/m0/s1. The number of H-pyrrole nitrogens is 2. The molecule has 2 aromatic heterocycles. The van der Waals surface area contributed by atoms with Crippen LogP contribution in [0.25, 0.3) is 21.8 Å². The van der Waals surface area contributed by atoms with Crippen molar-refractivity contribution in [2.24, 2.45) is 22.4 Å². The normalized spacial score (nSPS) is 24.5. The maximum Gasteiger partial charge on any atom is 0.303 e. The number of aromatic hydroxyl groups is 1. The van der Waals surface area contributed by atoms with Crippen molar-refractivity contribution in [1.29, 1.82) is 5.41 Å². The van der Waals surface area contributed by atoms with Crippen LogP contribution in [0, 0.1) is 11.3 Å². The number of rotatable bonds is 27. The van der Waals surface area contributed by atoms with Crippen LogP contribution < -0.4 is 70.0 Å². The highest BCUT2D eigenvalue weighted by Crippen LogP contribution is 2.29. The molecule has 21 N–H and O–H groups in total. The number of guanidine groups is 1. The number of aliphatic hydroxyl groups excluding tert-OH is 1. The lowest BCUT2D eigenvalue weighted by Crippen LogP contribution is -2.61. The Balaban J connectivity index is 1.10. The fraction of sp³-hybridized carbons (Fsp3) is 0.538. The number of aromatic nitrogens is 2. The number of thioether (sulfide) groups is 1. The second kappa shape index (κ2) is 51.3. The summed E-state index contributed by atoms with van der Waals surface area (Å²) in [5, 5.41) is 70.2. The van der Waals surface area contributed by atoms with Crippen molar-refractivity contribution in [2.45, 2.75) is 248 Å². The quantitative estimate of drug-likeness (QED) is 0.0185. The molecule has 42 nitrogen and oxygen atoms in total. The SMILES string of the molecule is CCCC[C@H]1C(=O)N(C)[C@@H](CCCC)C(=O)N[C@@H](CCCNC(=N)N)C(=O)N[C@H](C(=O)NCC(N)=O)CSCC(=O)N[C@@H](Cc2ccc(O)cc2)C(=O)N(C)[C@@H](C)C(=O)N[C@@H](CCC(=O)O)C(=O)N2CCC[C@H]2C(=O)N[C@@H](CC2=CN=CC2)C(=O)N[C@@H](CC(C)C)C(=O)N2CCC[C@H]2C(=O)N[C@@H](Cc2c[nH]c3ccccc23)C(=O)N[C@@H](CO)C(=O)N[C@@H](Cc2c[nH]c3ccccc23)C(=O)N1C. The van der Waals surface area contributed by atoms with E-state index in [4.69, 9.17) is 16.9 Å². The van der Waals surface area contributed by atoms with Gasteiger partial charge in [-0.1, -0.05) is 102 Å². The summed E-state index contributed by atoms with van der Waals surface area (Å²) >= 11 is 0.767. The van der Waals surface area contributed by atoms with Gasteiger partial charge in [0.1, 0.15) is 90.3 Å². The molecule has 136 heavy (non-hydrogen) atoms. The van der Waals surface area contributed by atoms with Crippen molar-refractivity contribution in [3.63, 3.8) is 0 Å². The number of hydrogen-bond acceptors (Lipinski definition) is 22. The van der Waals surface area contributed by atoms with Gasteiger partial charge >= 0.3 is 5.97 Å². The van der Waals surface area contributed by atoms with E-state index in [0.29, 0.717) is 69.8 Å². The van der Waals surface area contributed by atoms with Crippen LogP contribution in [0.5, 0.6) is 5.75 Å². The van der Waals surface area contributed by atoms with Crippen molar-refractivity contribution in [3.05, 3.63) is 114 Å². The van der Waals surface area contributed by atoms with Crippen LogP contribution in [0.1, 0.15) is 160 Å². The number of carbonyl (C=O) groups is 17. The first-order valence-electron chi connectivity index (χ1n) is 46.2. The summed E-state index contributed by atoms with van der Waals surface area (Å²) in [5.74, 6) is -17.4. The zero-order chi connectivity index (χ0) is 99.1. The summed E-state index contributed by atoms with van der Waals surface area (Å²) in [5.41, 5.74) is 14.5. The summed E-state index contributed by atoms with van der Waals surface area (Å²) in [6, 6.07) is -1.12. The number of phenolic OH excluding ortho intramolecular Hbond substituents is 1. The number of nitrogens with two attached hydrogens (primary N) is 2. The Labute approximate surface area is 792 Å². The molecule has 6 heterocycles. The van der Waals surface area contributed by atoms with Crippen molar-refractivity contribution >= 4 is 146 Å². The van der Waals surface area contributed by atoms with E-state index in [1.54, 1.807) is 81.0 Å². The molecule has 43 heteroatoms. The maximum absolute atomic E-state index is 15.8. The van der Waals surface area contributed by atoms with E-state index in [1.165, 1.54) is 63.4 Å². The molecule has 14 atom stereocenters. The molecule has 0 bridgehead atoms. The lowest BCUT2D eigenvalue weighted by atomic mass is 9.99. The molecule has 0 unspecified atom stereocenters. The average Bonchev–Trinajstić information content (AvgIpc) is 1.71. The number of benzene rings is 3. The number of aliphatic imine (C=N–C) groups is 1. The van der Waals surface area contributed by atoms with Crippen molar-refractivity contribution < 1.29 is 96.8 Å². The van der Waals surface area contributed by atoms with Crippen molar-refractivity contribution in [2.75, 3.05) is 65.4 Å². The molecule has 3 fully saturated rings. The van der Waals surface area contributed by atoms with E-state index in [1.807, 2.05) is 13.8 Å². The summed E-state index contributed by atoms with van der Waals surface area (Å²) in [7, 11) is 3.94. The predicted molar refractivity (Wildman–Crippen MR) is 505 cm³/mol. The molecule has 4 aliphatic rings. The van der Waals surface area contributed by atoms with E-state index < -0.39 is 229 Å². The molecule has 16 amide bonds. The summed E-state index contributed by atoms with van der Waals surface area (Å²) in [6.45, 7) is 6.71. The summed E-state index contributed by atoms with van der Waals surface area (Å²) in [6.07, 6.45) is 6.61. The summed E-state index contributed by atoms with van der Waals surface area (Å²) in [4.78, 5) is 267. The molecular weight excluding hydrogens is 1780 g/mol. The van der Waals surface area contributed by atoms with Gasteiger partial charge in [-0.15, -0.1) is 11.8 Å². The largest absolute Gasteiger partial charge is 0.508 e. The van der Waals surface area contributed by atoms with E-state index >= 15 is 43.2 Å². The van der Waals surface area contributed by atoms with E-state index in [9.17, 15) is 53.7 Å². The van der Waals surface area contributed by atoms with Crippen LogP contribution in [-0.2, 0) is 101 Å². The molecule has 5 aromatic rings. The number of carboxylic acid groups (broad SMARTS) is 1. The second-order valence-electron chi connectivity index (χ2n) is 35.3. The number of aromatic amines is 2. The highest BCUT2D eigenvalue weighted by atomic mass is 32.2. The van der Waals surface area contributed by atoms with Gasteiger partial charge in [0.2, 0.25) is 94.5 Å². The lowest BCUT2D eigenvalue weighted by Gasteiger charge is -2.36. The highest BCUT2D eigenvalue weighted by Gasteiger charge is 2.46. The number of hydrogen-bond donors (Lipinski definition) is 19. The molecule has 0 aliphatic carbocycles. The molecule has 9 rings (SSSR count). The third-order valence-electron chi connectivity index (χ3n) is 24.7. The number of amides is 16. The first-order valence-corrected chi connectivity index (χ1v) is 47.3. The van der Waals surface area contributed by atoms with Crippen LogP contribution in [0.3, 0.4) is 0 Å². The number of carbonyl (C=O) groups excluding carboxylic acids is 16. The molecule has 0 saturated carbocycles. The smallest absolute Gasteiger partial charge is 0.303 e. The van der Waals surface area contributed by atoms with Crippen molar-refractivity contribution in [3.8, 4) is 5.75 Å². The minimum absolute atomic E-state index is 0.00107. The van der Waals surface area contributed by atoms with E-state index in [-0.39, 0.29) is 121 Å². The highest BCUT2D eigenvalue weighted by molar-refractivity contribution is 8.00. The zero-order valence-corrected chi connectivity index (χ0v) is 78.8. The van der Waals surface area contributed by atoms with Crippen LogP contribution >= 0.6 is 11.8 Å². The fourth-order valence-corrected chi connectivity index (χ4v) is 17.9. The summed E-state index contributed by atoms with van der Waals surface area (Å²) < 4.78 is 0. The molecule has 3 saturated heterocycles. The molecular formula is C93H130N22O20S. The van der Waals surface area contributed by atoms with E-state index in [0.717, 1.165) is 31.4 Å². The molecule has 4 aliphatic heterocycles. The molecule has 3 aromatic carbocycles. The number of para-hydroxylation sites is 2. The van der Waals surface area contributed by atoms with Gasteiger partial charge in [-0.3, -0.25) is 91.9 Å². The minimum atomic E-state index is -1.85. The topological polar surface area (TPSA) is 619 Å². The van der Waals surface area contributed by atoms with Gasteiger partial charge in [-0.25, -0.2) is 0 Å². The van der Waals surface area contributed by atoms with Gasteiger partial charge in [-0.2, -0.15) is 0 Å². The Morgan fingerprint density at radius 3 is 1.61 bits per heavy atom. The number of likely N-dealkylation sites (N-methyl/N-ethyl adjacent to an activating group) is 3. The Kier molecular flexibility index (Phi) is 40.0. The zero-order valence-electron chi connectivity index (χ0n) is 78.0. The molecule has 0 spiro atoms. The second-order valence-corrected chi connectivity index (χ2v) is 36.3. The van der Waals surface area contributed by atoms with Crippen LogP contribution in [0.4, 0.5) is 0 Å². The Hall–Kier alpha value is -13.5. The van der Waals surface area contributed by atoms with Gasteiger partial charge in [0.05, 0.1) is 18.9 Å². The number of phenols is 1. The van der Waals surface area contributed by atoms with Crippen molar-refractivity contribution in [1.82, 2.24) is 93.0 Å². The van der Waals surface area contributed by atoms with Gasteiger partial charge in [0, 0.05) is 125 Å². The lowest BCUT2D eigenvalue weighted by molar-refractivity contribution is -0.149. The predicted octanol–water partition coefficient (Wildman–Crippen LogP) is -0.128. The number of aliphatic hydroxyl groups is 1. The fourth-order valence-electron chi connectivity index (χ4n) is 17.1. The van der Waals surface area contributed by atoms with Gasteiger partial charge in [0.15, 0.2) is 5.96 Å². The number of aliphatic carboxylic acids is 1. The number of fused-ring (bicyclic) bond motifs is 4. The number of carboxylic acids is 1. The van der Waals surface area contributed by atoms with Crippen LogP contribution in [0.15, 0.2) is 102 Å². The Morgan fingerprint density at radius 2 is 1.05 bits per heavy atom. The monoisotopic (exact) mass is 1910 g/mol. The van der Waals surface area contributed by atoms with Gasteiger partial charge in [0.25, 0.3) is 0 Å². The van der Waals surface area contributed by atoms with E-state index in [2.05, 4.69) is 73.4 Å². The first-order chi connectivity index (χ1) is 64.9. The number of primary amides is 1. The third-order valence-corrected chi connectivity index (χ3v) is 25.8. The third kappa shape index (κ3) is 29.8. The maximum atomic E-state index is 15.8. The average molecular weight is 1910 g/mol. The van der Waals surface area contributed by atoms with Gasteiger partial charge < -0.3 is 120 Å². The van der Waals surface area contributed by atoms with Gasteiger partial charge in [-0.05, 0) is 130 Å². The minimum Gasteiger partial charge on any atom is -0.508 e.